The van der Waals surface area contributed by atoms with Crippen LogP contribution in [0.5, 0.6) is 11.5 Å². The third kappa shape index (κ3) is 4.13. The summed E-state index contributed by atoms with van der Waals surface area (Å²) in [7, 11) is 1.56. The van der Waals surface area contributed by atoms with Gasteiger partial charge in [-0.25, -0.2) is 0 Å². The van der Waals surface area contributed by atoms with E-state index in [-0.39, 0.29) is 11.9 Å². The van der Waals surface area contributed by atoms with Gasteiger partial charge >= 0.3 is 0 Å². The van der Waals surface area contributed by atoms with Crippen LogP contribution in [-0.2, 0) is 0 Å². The van der Waals surface area contributed by atoms with Crippen molar-refractivity contribution in [3.8, 4) is 11.5 Å². The van der Waals surface area contributed by atoms with E-state index in [0.717, 1.165) is 6.42 Å². The number of amides is 1. The predicted octanol–water partition coefficient (Wildman–Crippen LogP) is 3.38. The minimum atomic E-state index is -0.114. The highest BCUT2D eigenvalue weighted by Gasteiger charge is 2.16. The van der Waals surface area contributed by atoms with Crippen molar-refractivity contribution < 1.29 is 14.3 Å². The van der Waals surface area contributed by atoms with E-state index in [2.05, 4.69) is 21.2 Å². The highest BCUT2D eigenvalue weighted by Crippen LogP contribution is 2.36. The zero-order valence-corrected chi connectivity index (χ0v) is 13.3. The molecule has 1 aromatic carbocycles. The van der Waals surface area contributed by atoms with Crippen LogP contribution >= 0.6 is 15.9 Å². The van der Waals surface area contributed by atoms with Crippen molar-refractivity contribution in [2.75, 3.05) is 13.7 Å². The summed E-state index contributed by atoms with van der Waals surface area (Å²) in [6, 6.07) is 3.57. The van der Waals surface area contributed by atoms with Gasteiger partial charge in [-0.2, -0.15) is 0 Å². The van der Waals surface area contributed by atoms with Gasteiger partial charge in [0.25, 0.3) is 5.91 Å². The molecule has 0 aliphatic heterocycles. The summed E-state index contributed by atoms with van der Waals surface area (Å²) in [5, 5.41) is 2.92. The molecule has 19 heavy (non-hydrogen) atoms. The number of ether oxygens (including phenoxy) is 2. The van der Waals surface area contributed by atoms with Gasteiger partial charge < -0.3 is 14.8 Å². The Morgan fingerprint density at radius 3 is 2.63 bits per heavy atom. The Kier molecular flexibility index (Phi) is 6.15. The van der Waals surface area contributed by atoms with Crippen molar-refractivity contribution in [3.63, 3.8) is 0 Å². The highest BCUT2D eigenvalue weighted by molar-refractivity contribution is 9.10. The standard InChI is InChI=1S/C14H20BrNO3/c1-5-9(3)16-14(17)10-7-11(15)13(19-6-2)12(8-10)18-4/h7-9H,5-6H2,1-4H3,(H,16,17). The SMILES string of the molecule is CCOc1c(Br)cc(C(=O)NC(C)CC)cc1OC. The summed E-state index contributed by atoms with van der Waals surface area (Å²) in [6.45, 7) is 6.43. The van der Waals surface area contributed by atoms with E-state index in [1.165, 1.54) is 0 Å². The molecule has 1 unspecified atom stereocenters. The number of nitrogens with one attached hydrogen (secondary N) is 1. The van der Waals surface area contributed by atoms with Crippen LogP contribution < -0.4 is 14.8 Å². The lowest BCUT2D eigenvalue weighted by atomic mass is 10.1. The molecule has 0 spiro atoms. The molecule has 4 nitrogen and oxygen atoms in total. The van der Waals surface area contributed by atoms with Crippen molar-refractivity contribution in [2.24, 2.45) is 0 Å². The largest absolute Gasteiger partial charge is 0.493 e. The van der Waals surface area contributed by atoms with Crippen LogP contribution in [0, 0.1) is 0 Å². The first-order valence-electron chi connectivity index (χ1n) is 6.34. The molecule has 5 heteroatoms. The van der Waals surface area contributed by atoms with Crippen molar-refractivity contribution >= 4 is 21.8 Å². The molecule has 0 bridgehead atoms. The number of hydrogen-bond acceptors (Lipinski definition) is 3. The Balaban J connectivity index is 3.04. The van der Waals surface area contributed by atoms with Gasteiger partial charge in [-0.15, -0.1) is 0 Å². The van der Waals surface area contributed by atoms with Gasteiger partial charge in [0.1, 0.15) is 0 Å². The van der Waals surface area contributed by atoms with Crippen LogP contribution in [0.15, 0.2) is 16.6 Å². The van der Waals surface area contributed by atoms with Gasteiger partial charge in [0.2, 0.25) is 0 Å². The summed E-state index contributed by atoms with van der Waals surface area (Å²) in [4.78, 5) is 12.1. The third-order valence-electron chi connectivity index (χ3n) is 2.77. The van der Waals surface area contributed by atoms with Gasteiger partial charge in [0.15, 0.2) is 11.5 Å². The maximum Gasteiger partial charge on any atom is 0.251 e. The molecule has 0 heterocycles. The number of benzene rings is 1. The molecule has 106 valence electrons. The average Bonchev–Trinajstić information content (AvgIpc) is 2.40. The van der Waals surface area contributed by atoms with Gasteiger partial charge in [0.05, 0.1) is 18.2 Å². The molecule has 0 aliphatic carbocycles. The predicted molar refractivity (Wildman–Crippen MR) is 79.1 cm³/mol. The molecule has 1 rings (SSSR count). The van der Waals surface area contributed by atoms with Gasteiger partial charge in [0, 0.05) is 11.6 Å². The average molecular weight is 330 g/mol. The van der Waals surface area contributed by atoms with E-state index in [4.69, 9.17) is 9.47 Å². The van der Waals surface area contributed by atoms with Crippen LogP contribution in [0.3, 0.4) is 0 Å². The lowest BCUT2D eigenvalue weighted by Crippen LogP contribution is -2.31. The van der Waals surface area contributed by atoms with E-state index in [1.54, 1.807) is 19.2 Å². The Morgan fingerprint density at radius 1 is 1.42 bits per heavy atom. The lowest BCUT2D eigenvalue weighted by molar-refractivity contribution is 0.0939. The smallest absolute Gasteiger partial charge is 0.251 e. The zero-order valence-electron chi connectivity index (χ0n) is 11.7. The number of hydrogen-bond donors (Lipinski definition) is 1. The summed E-state index contributed by atoms with van der Waals surface area (Å²) in [6.07, 6.45) is 0.890. The lowest BCUT2D eigenvalue weighted by Gasteiger charge is -2.15. The minimum absolute atomic E-state index is 0.114. The number of carbonyl (C=O) groups excluding carboxylic acids is 1. The van der Waals surface area contributed by atoms with Crippen LogP contribution in [0.25, 0.3) is 0 Å². The maximum absolute atomic E-state index is 12.1. The monoisotopic (exact) mass is 329 g/mol. The maximum atomic E-state index is 12.1. The molecule has 1 atom stereocenters. The second-order valence-electron chi connectivity index (χ2n) is 4.21. The molecule has 0 radical (unpaired) electrons. The summed E-state index contributed by atoms with van der Waals surface area (Å²) in [5.74, 6) is 1.05. The Morgan fingerprint density at radius 2 is 2.11 bits per heavy atom. The molecule has 1 N–H and O–H groups in total. The molecule has 0 aliphatic rings. The molecule has 1 amide bonds. The minimum Gasteiger partial charge on any atom is -0.493 e. The third-order valence-corrected chi connectivity index (χ3v) is 3.36. The first kappa shape index (κ1) is 15.8. The summed E-state index contributed by atoms with van der Waals surface area (Å²) >= 11 is 3.41. The van der Waals surface area contributed by atoms with E-state index in [1.807, 2.05) is 20.8 Å². The normalized spacial score (nSPS) is 11.8. The highest BCUT2D eigenvalue weighted by atomic mass is 79.9. The Labute approximate surface area is 122 Å². The van der Waals surface area contributed by atoms with Gasteiger partial charge in [-0.1, -0.05) is 6.92 Å². The van der Waals surface area contributed by atoms with Crippen LogP contribution in [0.2, 0.25) is 0 Å². The number of carbonyl (C=O) groups is 1. The van der Waals surface area contributed by atoms with Crippen molar-refractivity contribution in [1.29, 1.82) is 0 Å². The molecule has 0 fully saturated rings. The van der Waals surface area contributed by atoms with E-state index in [0.29, 0.717) is 28.1 Å². The fourth-order valence-electron chi connectivity index (χ4n) is 1.54. The first-order valence-corrected chi connectivity index (χ1v) is 7.13. The summed E-state index contributed by atoms with van der Waals surface area (Å²) < 4.78 is 11.5. The molecular formula is C14H20BrNO3. The van der Waals surface area contributed by atoms with E-state index >= 15 is 0 Å². The van der Waals surface area contributed by atoms with Gasteiger partial charge in [-0.05, 0) is 48.3 Å². The van der Waals surface area contributed by atoms with Crippen LogP contribution in [0.1, 0.15) is 37.6 Å². The van der Waals surface area contributed by atoms with Crippen LogP contribution in [-0.4, -0.2) is 25.7 Å². The van der Waals surface area contributed by atoms with Crippen molar-refractivity contribution in [2.45, 2.75) is 33.2 Å². The van der Waals surface area contributed by atoms with E-state index in [9.17, 15) is 4.79 Å². The number of rotatable bonds is 6. The molecule has 1 aromatic rings. The number of halogens is 1. The number of methoxy groups -OCH3 is 1. The summed E-state index contributed by atoms with van der Waals surface area (Å²) in [5.41, 5.74) is 0.549. The Hall–Kier alpha value is -1.23. The van der Waals surface area contributed by atoms with Crippen molar-refractivity contribution in [1.82, 2.24) is 5.32 Å². The second-order valence-corrected chi connectivity index (χ2v) is 5.06. The second kappa shape index (κ2) is 7.38. The first-order chi connectivity index (χ1) is 9.03. The fraction of sp³-hybridized carbons (Fsp3) is 0.500. The van der Waals surface area contributed by atoms with Crippen LogP contribution in [0.4, 0.5) is 0 Å². The molecular weight excluding hydrogens is 310 g/mol. The zero-order chi connectivity index (χ0) is 14.4. The quantitative estimate of drug-likeness (QED) is 0.870. The fourth-order valence-corrected chi connectivity index (χ4v) is 2.10. The topological polar surface area (TPSA) is 47.6 Å². The molecule has 0 saturated heterocycles. The van der Waals surface area contributed by atoms with E-state index < -0.39 is 0 Å². The molecule has 0 saturated carbocycles. The van der Waals surface area contributed by atoms with Gasteiger partial charge in [-0.3, -0.25) is 4.79 Å². The molecule has 0 aromatic heterocycles. The van der Waals surface area contributed by atoms with Crippen molar-refractivity contribution in [3.05, 3.63) is 22.2 Å². The Bertz CT molecular complexity index is 449.